The molecule has 0 radical (unpaired) electrons. The number of rotatable bonds is 4. The average molecular weight is 330 g/mol. The standard InChI is InChI=1S/C17H18N2O5/c1-22-16(20)12-9-6-10-19(12)15-13(17(21)23-2)18-14(24-15)11-7-4-3-5-8-11/h3-5,7-8,12H,6,9-10H2,1-2H3. The molecule has 1 aliphatic heterocycles. The maximum atomic E-state index is 12.1. The van der Waals surface area contributed by atoms with Gasteiger partial charge in [0, 0.05) is 12.1 Å². The van der Waals surface area contributed by atoms with Crippen LogP contribution in [-0.4, -0.2) is 43.7 Å². The molecule has 1 unspecified atom stereocenters. The number of carbonyl (C=O) groups excluding carboxylic acids is 2. The molecule has 1 aromatic heterocycles. The largest absolute Gasteiger partial charge is 0.467 e. The Balaban J connectivity index is 2.04. The highest BCUT2D eigenvalue weighted by molar-refractivity contribution is 5.94. The van der Waals surface area contributed by atoms with Crippen LogP contribution in [0.25, 0.3) is 11.5 Å². The van der Waals surface area contributed by atoms with Crippen molar-refractivity contribution < 1.29 is 23.5 Å². The Hall–Kier alpha value is -2.83. The summed E-state index contributed by atoms with van der Waals surface area (Å²) in [5.74, 6) is -0.414. The van der Waals surface area contributed by atoms with E-state index in [2.05, 4.69) is 4.98 Å². The molecule has 24 heavy (non-hydrogen) atoms. The maximum Gasteiger partial charge on any atom is 0.362 e. The molecule has 0 aliphatic carbocycles. The van der Waals surface area contributed by atoms with Crippen LogP contribution in [0.4, 0.5) is 5.88 Å². The van der Waals surface area contributed by atoms with Gasteiger partial charge >= 0.3 is 11.9 Å². The van der Waals surface area contributed by atoms with Gasteiger partial charge in [0.2, 0.25) is 17.5 Å². The van der Waals surface area contributed by atoms with Crippen LogP contribution in [0.15, 0.2) is 34.7 Å². The molecule has 1 aromatic carbocycles. The van der Waals surface area contributed by atoms with Crippen LogP contribution in [-0.2, 0) is 14.3 Å². The summed E-state index contributed by atoms with van der Waals surface area (Å²) >= 11 is 0. The van der Waals surface area contributed by atoms with Gasteiger partial charge < -0.3 is 18.8 Å². The van der Waals surface area contributed by atoms with Crippen LogP contribution in [0.5, 0.6) is 0 Å². The molecule has 1 fully saturated rings. The van der Waals surface area contributed by atoms with Crippen LogP contribution in [0.3, 0.4) is 0 Å². The zero-order chi connectivity index (χ0) is 17.1. The van der Waals surface area contributed by atoms with Gasteiger partial charge in [-0.2, -0.15) is 4.98 Å². The third-order valence-corrected chi connectivity index (χ3v) is 4.00. The van der Waals surface area contributed by atoms with E-state index in [9.17, 15) is 9.59 Å². The van der Waals surface area contributed by atoms with E-state index < -0.39 is 12.0 Å². The van der Waals surface area contributed by atoms with Crippen molar-refractivity contribution in [2.45, 2.75) is 18.9 Å². The van der Waals surface area contributed by atoms with Crippen LogP contribution < -0.4 is 4.90 Å². The maximum absolute atomic E-state index is 12.1. The highest BCUT2D eigenvalue weighted by Crippen LogP contribution is 2.33. The molecule has 0 bridgehead atoms. The summed E-state index contributed by atoms with van der Waals surface area (Å²) in [5.41, 5.74) is 0.801. The van der Waals surface area contributed by atoms with Crippen molar-refractivity contribution in [2.24, 2.45) is 0 Å². The molecule has 126 valence electrons. The Morgan fingerprint density at radius 2 is 1.96 bits per heavy atom. The highest BCUT2D eigenvalue weighted by Gasteiger charge is 2.37. The number of nitrogens with zero attached hydrogens (tertiary/aromatic N) is 2. The monoisotopic (exact) mass is 330 g/mol. The summed E-state index contributed by atoms with van der Waals surface area (Å²) < 4.78 is 15.5. The van der Waals surface area contributed by atoms with Crippen LogP contribution in [0, 0.1) is 0 Å². The summed E-state index contributed by atoms with van der Waals surface area (Å²) in [6, 6.07) is 8.75. The minimum absolute atomic E-state index is 0.0622. The quantitative estimate of drug-likeness (QED) is 0.795. The molecule has 1 saturated heterocycles. The van der Waals surface area contributed by atoms with Crippen molar-refractivity contribution in [1.82, 2.24) is 4.98 Å². The van der Waals surface area contributed by atoms with Crippen molar-refractivity contribution in [3.8, 4) is 11.5 Å². The second kappa shape index (κ2) is 6.74. The van der Waals surface area contributed by atoms with E-state index in [4.69, 9.17) is 13.9 Å². The van der Waals surface area contributed by atoms with Crippen molar-refractivity contribution in [3.63, 3.8) is 0 Å². The lowest BCUT2D eigenvalue weighted by Crippen LogP contribution is -2.37. The minimum Gasteiger partial charge on any atom is -0.467 e. The minimum atomic E-state index is -0.605. The smallest absolute Gasteiger partial charge is 0.362 e. The predicted octanol–water partition coefficient (Wildman–Crippen LogP) is 2.27. The average Bonchev–Trinajstić information content (AvgIpc) is 3.27. The molecule has 1 aliphatic rings. The summed E-state index contributed by atoms with van der Waals surface area (Å²) in [4.78, 5) is 30.1. The van der Waals surface area contributed by atoms with Crippen LogP contribution in [0.2, 0.25) is 0 Å². The Morgan fingerprint density at radius 1 is 1.21 bits per heavy atom. The van der Waals surface area contributed by atoms with Gasteiger partial charge in [0.1, 0.15) is 6.04 Å². The van der Waals surface area contributed by atoms with Gasteiger partial charge in [0.15, 0.2) is 0 Å². The van der Waals surface area contributed by atoms with E-state index in [1.165, 1.54) is 14.2 Å². The van der Waals surface area contributed by atoms with E-state index in [0.29, 0.717) is 18.9 Å². The van der Waals surface area contributed by atoms with E-state index in [1.54, 1.807) is 4.90 Å². The first-order valence-corrected chi connectivity index (χ1v) is 7.64. The summed E-state index contributed by atoms with van der Waals surface area (Å²) in [6.45, 7) is 0.577. The molecule has 1 atom stereocenters. The van der Waals surface area contributed by atoms with Gasteiger partial charge in [0.05, 0.1) is 14.2 Å². The molecule has 7 nitrogen and oxygen atoms in total. The predicted molar refractivity (Wildman–Crippen MR) is 85.7 cm³/mol. The molecular formula is C17H18N2O5. The number of carbonyl (C=O) groups is 2. The normalized spacial score (nSPS) is 16.9. The third kappa shape index (κ3) is 2.84. The summed E-state index contributed by atoms with van der Waals surface area (Å²) in [7, 11) is 2.63. The van der Waals surface area contributed by atoms with E-state index in [-0.39, 0.29) is 17.5 Å². The number of hydrogen-bond acceptors (Lipinski definition) is 7. The van der Waals surface area contributed by atoms with Gasteiger partial charge in [-0.15, -0.1) is 0 Å². The number of aromatic nitrogens is 1. The fraction of sp³-hybridized carbons (Fsp3) is 0.353. The highest BCUT2D eigenvalue weighted by atomic mass is 16.5. The first-order chi connectivity index (χ1) is 11.7. The van der Waals surface area contributed by atoms with E-state index in [0.717, 1.165) is 12.0 Å². The molecule has 2 heterocycles. The SMILES string of the molecule is COC(=O)c1nc(-c2ccccc2)oc1N1CCCC1C(=O)OC. The number of esters is 2. The molecule has 0 N–H and O–H groups in total. The second-order valence-corrected chi connectivity index (χ2v) is 5.40. The second-order valence-electron chi connectivity index (χ2n) is 5.40. The zero-order valence-corrected chi connectivity index (χ0v) is 13.5. The van der Waals surface area contributed by atoms with E-state index in [1.807, 2.05) is 30.3 Å². The summed E-state index contributed by atoms with van der Waals surface area (Å²) in [5, 5.41) is 0. The Labute approximate surface area is 139 Å². The summed E-state index contributed by atoms with van der Waals surface area (Å²) in [6.07, 6.45) is 1.43. The van der Waals surface area contributed by atoms with Gasteiger partial charge in [-0.1, -0.05) is 18.2 Å². The Bertz CT molecular complexity index is 741. The number of ether oxygens (including phenoxy) is 2. The number of anilines is 1. The van der Waals surface area contributed by atoms with Gasteiger partial charge in [-0.05, 0) is 25.0 Å². The van der Waals surface area contributed by atoms with Gasteiger partial charge in [-0.25, -0.2) is 9.59 Å². The van der Waals surface area contributed by atoms with Gasteiger partial charge in [0.25, 0.3) is 0 Å². The zero-order valence-electron chi connectivity index (χ0n) is 13.5. The fourth-order valence-corrected chi connectivity index (χ4v) is 2.83. The molecular weight excluding hydrogens is 312 g/mol. The fourth-order valence-electron chi connectivity index (χ4n) is 2.83. The lowest BCUT2D eigenvalue weighted by molar-refractivity contribution is -0.142. The first-order valence-electron chi connectivity index (χ1n) is 7.64. The van der Waals surface area contributed by atoms with Crippen molar-refractivity contribution >= 4 is 17.8 Å². The molecule has 0 amide bonds. The Kier molecular flexibility index (Phi) is 4.50. The number of methoxy groups -OCH3 is 2. The van der Waals surface area contributed by atoms with Crippen molar-refractivity contribution in [2.75, 3.05) is 25.7 Å². The van der Waals surface area contributed by atoms with E-state index >= 15 is 0 Å². The Morgan fingerprint density at radius 3 is 2.62 bits per heavy atom. The lowest BCUT2D eigenvalue weighted by atomic mass is 10.2. The molecule has 0 saturated carbocycles. The molecule has 0 spiro atoms. The van der Waals surface area contributed by atoms with Crippen molar-refractivity contribution in [1.29, 1.82) is 0 Å². The topological polar surface area (TPSA) is 81.9 Å². The first kappa shape index (κ1) is 16.0. The number of oxazole rings is 1. The van der Waals surface area contributed by atoms with Crippen LogP contribution >= 0.6 is 0 Å². The third-order valence-electron chi connectivity index (χ3n) is 4.00. The molecule has 2 aromatic rings. The number of hydrogen-bond donors (Lipinski definition) is 0. The van der Waals surface area contributed by atoms with Crippen LogP contribution in [0.1, 0.15) is 23.3 Å². The number of benzene rings is 1. The molecule has 7 heteroatoms. The van der Waals surface area contributed by atoms with Gasteiger partial charge in [-0.3, -0.25) is 0 Å². The van der Waals surface area contributed by atoms with Crippen molar-refractivity contribution in [3.05, 3.63) is 36.0 Å². The molecule has 3 rings (SSSR count). The lowest BCUT2D eigenvalue weighted by Gasteiger charge is -2.22.